The molecule has 0 aromatic rings. The summed E-state index contributed by atoms with van der Waals surface area (Å²) in [4.78, 5) is 11.2. The van der Waals surface area contributed by atoms with Crippen molar-refractivity contribution in [2.45, 2.75) is 26.9 Å². The lowest BCUT2D eigenvalue weighted by molar-refractivity contribution is -0.123. The fourth-order valence-electron chi connectivity index (χ4n) is 1.05. The molecule has 0 saturated heterocycles. The van der Waals surface area contributed by atoms with Gasteiger partial charge in [0.25, 0.3) is 0 Å². The molecule has 0 bridgehead atoms. The first-order valence-electron chi connectivity index (χ1n) is 3.71. The summed E-state index contributed by atoms with van der Waals surface area (Å²) in [5.41, 5.74) is 0. The number of hydrogen-bond donors (Lipinski definition) is 0. The van der Waals surface area contributed by atoms with Crippen molar-refractivity contribution in [3.05, 3.63) is 11.5 Å². The third kappa shape index (κ3) is 1.37. The SMILES string of the molecule is CCOC1=C(C)OC(C)C1=O. The zero-order valence-corrected chi connectivity index (χ0v) is 7.01. The maximum atomic E-state index is 11.2. The van der Waals surface area contributed by atoms with Gasteiger partial charge in [-0.1, -0.05) is 0 Å². The smallest absolute Gasteiger partial charge is 0.240 e. The van der Waals surface area contributed by atoms with E-state index in [1.54, 1.807) is 13.8 Å². The average molecular weight is 156 g/mol. The second-order valence-corrected chi connectivity index (χ2v) is 2.44. The van der Waals surface area contributed by atoms with E-state index in [9.17, 15) is 4.79 Å². The second-order valence-electron chi connectivity index (χ2n) is 2.44. The van der Waals surface area contributed by atoms with Gasteiger partial charge in [-0.25, -0.2) is 0 Å². The van der Waals surface area contributed by atoms with Gasteiger partial charge >= 0.3 is 0 Å². The number of ketones is 1. The summed E-state index contributed by atoms with van der Waals surface area (Å²) < 4.78 is 10.2. The Balaban J connectivity index is 2.74. The fraction of sp³-hybridized carbons (Fsp3) is 0.625. The fourth-order valence-corrected chi connectivity index (χ4v) is 1.05. The molecule has 11 heavy (non-hydrogen) atoms. The number of carbonyl (C=O) groups excluding carboxylic acids is 1. The van der Waals surface area contributed by atoms with Gasteiger partial charge < -0.3 is 9.47 Å². The molecule has 1 rings (SSSR count). The predicted octanol–water partition coefficient (Wildman–Crippen LogP) is 1.24. The van der Waals surface area contributed by atoms with E-state index in [4.69, 9.17) is 9.47 Å². The summed E-state index contributed by atoms with van der Waals surface area (Å²) in [5.74, 6) is 0.939. The van der Waals surface area contributed by atoms with Gasteiger partial charge in [-0.3, -0.25) is 4.79 Å². The molecule has 0 aliphatic carbocycles. The summed E-state index contributed by atoms with van der Waals surface area (Å²) in [7, 11) is 0. The minimum Gasteiger partial charge on any atom is -0.487 e. The Morgan fingerprint density at radius 3 is 2.64 bits per heavy atom. The Morgan fingerprint density at radius 1 is 1.64 bits per heavy atom. The molecule has 0 amide bonds. The Bertz CT molecular complexity index is 205. The highest BCUT2D eigenvalue weighted by molar-refractivity contribution is 5.99. The second kappa shape index (κ2) is 2.95. The molecule has 1 aliphatic heterocycles. The standard InChI is InChI=1S/C8H12O3/c1-4-10-8-6(3)11-5(2)7(8)9/h5H,4H2,1-3H3. The summed E-state index contributed by atoms with van der Waals surface area (Å²) >= 11 is 0. The van der Waals surface area contributed by atoms with Crippen LogP contribution in [0.15, 0.2) is 11.5 Å². The topological polar surface area (TPSA) is 35.5 Å². The molecule has 0 saturated carbocycles. The van der Waals surface area contributed by atoms with Crippen molar-refractivity contribution in [3.8, 4) is 0 Å². The first kappa shape index (κ1) is 8.11. The Labute approximate surface area is 66.0 Å². The number of ether oxygens (including phenoxy) is 2. The molecular formula is C8H12O3. The quantitative estimate of drug-likeness (QED) is 0.603. The summed E-state index contributed by atoms with van der Waals surface area (Å²) in [6.07, 6.45) is -0.364. The van der Waals surface area contributed by atoms with Crippen LogP contribution < -0.4 is 0 Å². The first-order valence-corrected chi connectivity index (χ1v) is 3.71. The maximum Gasteiger partial charge on any atom is 0.240 e. The summed E-state index contributed by atoms with van der Waals surface area (Å²) in [6, 6.07) is 0. The summed E-state index contributed by atoms with van der Waals surface area (Å²) in [6.45, 7) is 5.81. The zero-order chi connectivity index (χ0) is 8.43. The van der Waals surface area contributed by atoms with Crippen molar-refractivity contribution in [2.24, 2.45) is 0 Å². The van der Waals surface area contributed by atoms with Crippen molar-refractivity contribution in [2.75, 3.05) is 6.61 Å². The van der Waals surface area contributed by atoms with Gasteiger partial charge in [0.1, 0.15) is 5.76 Å². The summed E-state index contributed by atoms with van der Waals surface area (Å²) in [5, 5.41) is 0. The molecule has 3 heteroatoms. The molecule has 0 radical (unpaired) electrons. The molecule has 0 spiro atoms. The average Bonchev–Trinajstić information content (AvgIpc) is 2.17. The lowest BCUT2D eigenvalue weighted by Crippen LogP contribution is -2.14. The first-order chi connectivity index (χ1) is 5.16. The van der Waals surface area contributed by atoms with E-state index in [-0.39, 0.29) is 11.9 Å². The van der Waals surface area contributed by atoms with E-state index in [1.165, 1.54) is 0 Å². The van der Waals surface area contributed by atoms with Crippen molar-refractivity contribution in [3.63, 3.8) is 0 Å². The van der Waals surface area contributed by atoms with Crippen molar-refractivity contribution in [1.82, 2.24) is 0 Å². The van der Waals surface area contributed by atoms with E-state index in [2.05, 4.69) is 0 Å². The number of allylic oxidation sites excluding steroid dienone is 1. The molecule has 0 aromatic heterocycles. The highest BCUT2D eigenvalue weighted by Crippen LogP contribution is 2.21. The largest absolute Gasteiger partial charge is 0.487 e. The molecule has 3 nitrogen and oxygen atoms in total. The third-order valence-electron chi connectivity index (χ3n) is 1.56. The van der Waals surface area contributed by atoms with Crippen LogP contribution in [0.2, 0.25) is 0 Å². The molecular weight excluding hydrogens is 144 g/mol. The number of hydrogen-bond acceptors (Lipinski definition) is 3. The lowest BCUT2D eigenvalue weighted by atomic mass is 10.2. The maximum absolute atomic E-state index is 11.2. The minimum atomic E-state index is -0.364. The zero-order valence-electron chi connectivity index (χ0n) is 7.01. The van der Waals surface area contributed by atoms with Gasteiger partial charge in [-0.05, 0) is 20.8 Å². The van der Waals surface area contributed by atoms with Gasteiger partial charge in [-0.15, -0.1) is 0 Å². The van der Waals surface area contributed by atoms with Gasteiger partial charge in [-0.2, -0.15) is 0 Å². The van der Waals surface area contributed by atoms with Gasteiger partial charge in [0.05, 0.1) is 6.61 Å². The lowest BCUT2D eigenvalue weighted by Gasteiger charge is -2.00. The van der Waals surface area contributed by atoms with Crippen LogP contribution in [0.5, 0.6) is 0 Å². The van der Waals surface area contributed by atoms with E-state index < -0.39 is 0 Å². The van der Waals surface area contributed by atoms with E-state index in [0.29, 0.717) is 18.1 Å². The minimum absolute atomic E-state index is 0.0515. The third-order valence-corrected chi connectivity index (χ3v) is 1.56. The molecule has 1 aliphatic rings. The highest BCUT2D eigenvalue weighted by atomic mass is 16.5. The van der Waals surface area contributed by atoms with Crippen LogP contribution in [-0.2, 0) is 14.3 Å². The number of carbonyl (C=O) groups is 1. The van der Waals surface area contributed by atoms with Crippen molar-refractivity contribution < 1.29 is 14.3 Å². The Hall–Kier alpha value is -0.990. The van der Waals surface area contributed by atoms with Gasteiger partial charge in [0.15, 0.2) is 6.10 Å². The van der Waals surface area contributed by atoms with Crippen molar-refractivity contribution >= 4 is 5.78 Å². The number of rotatable bonds is 2. The normalized spacial score (nSPS) is 23.9. The molecule has 0 aromatic carbocycles. The van der Waals surface area contributed by atoms with Crippen LogP contribution in [0.25, 0.3) is 0 Å². The predicted molar refractivity (Wildman–Crippen MR) is 39.9 cm³/mol. The van der Waals surface area contributed by atoms with Crippen LogP contribution in [0.4, 0.5) is 0 Å². The van der Waals surface area contributed by atoms with Crippen molar-refractivity contribution in [1.29, 1.82) is 0 Å². The van der Waals surface area contributed by atoms with E-state index in [0.717, 1.165) is 0 Å². The van der Waals surface area contributed by atoms with Crippen LogP contribution in [0, 0.1) is 0 Å². The molecule has 1 atom stereocenters. The number of Topliss-reactive ketones (excluding diaryl/α,β-unsaturated/α-hetero) is 1. The van der Waals surface area contributed by atoms with Crippen LogP contribution in [0.3, 0.4) is 0 Å². The molecule has 0 N–H and O–H groups in total. The van der Waals surface area contributed by atoms with E-state index >= 15 is 0 Å². The van der Waals surface area contributed by atoms with E-state index in [1.807, 2.05) is 6.92 Å². The molecule has 1 heterocycles. The van der Waals surface area contributed by atoms with Crippen LogP contribution in [-0.4, -0.2) is 18.5 Å². The van der Waals surface area contributed by atoms with Gasteiger partial charge in [0.2, 0.25) is 11.5 Å². The van der Waals surface area contributed by atoms with Gasteiger partial charge in [0, 0.05) is 0 Å². The molecule has 1 unspecified atom stereocenters. The highest BCUT2D eigenvalue weighted by Gasteiger charge is 2.30. The Kier molecular flexibility index (Phi) is 2.17. The van der Waals surface area contributed by atoms with Crippen LogP contribution in [0.1, 0.15) is 20.8 Å². The Morgan fingerprint density at radius 2 is 2.27 bits per heavy atom. The molecule has 62 valence electrons. The molecule has 0 fully saturated rings. The monoisotopic (exact) mass is 156 g/mol. The van der Waals surface area contributed by atoms with Crippen LogP contribution >= 0.6 is 0 Å².